The van der Waals surface area contributed by atoms with Crippen molar-refractivity contribution in [2.45, 2.75) is 20.0 Å². The molecule has 0 bridgehead atoms. The molecule has 5 nitrogen and oxygen atoms in total. The third kappa shape index (κ3) is 3.65. The van der Waals surface area contributed by atoms with Gasteiger partial charge in [0.15, 0.2) is 0 Å². The summed E-state index contributed by atoms with van der Waals surface area (Å²) in [4.78, 5) is 7.09. The maximum absolute atomic E-state index is 5.78. The monoisotopic (exact) mass is 294 g/mol. The number of thiocarbonyl (C=S) groups is 1. The molecule has 1 aliphatic heterocycles. The predicted octanol–water partition coefficient (Wildman–Crippen LogP) is 1.16. The molecule has 1 unspecified atom stereocenters. The Hall–Kier alpha value is -1.24. The minimum absolute atomic E-state index is 0.171. The van der Waals surface area contributed by atoms with Gasteiger partial charge in [-0.1, -0.05) is 19.1 Å². The average molecular weight is 294 g/mol. The summed E-state index contributed by atoms with van der Waals surface area (Å²) >= 11 is 5.10. The summed E-state index contributed by atoms with van der Waals surface area (Å²) in [5, 5.41) is 3.32. The molecule has 1 atom stereocenters. The van der Waals surface area contributed by atoms with Gasteiger partial charge in [-0.15, -0.1) is 0 Å². The Labute approximate surface area is 125 Å². The van der Waals surface area contributed by atoms with E-state index in [1.165, 1.54) is 0 Å². The molecular weight excluding hydrogens is 272 g/mol. The van der Waals surface area contributed by atoms with Gasteiger partial charge in [0.1, 0.15) is 10.8 Å². The standard InChI is InChI=1S/C14H22N4OS/c1-3-18-6-7-19-11(9-18)8-17-14-12(13(15)20)10(2)4-5-16-14/h4-5,11H,3,6-9H2,1-2H3,(H2,15,20)(H,16,17). The minimum atomic E-state index is 0.171. The number of hydrogen-bond donors (Lipinski definition) is 2. The zero-order chi connectivity index (χ0) is 14.5. The summed E-state index contributed by atoms with van der Waals surface area (Å²) in [7, 11) is 0. The van der Waals surface area contributed by atoms with E-state index in [-0.39, 0.29) is 6.10 Å². The van der Waals surface area contributed by atoms with Crippen molar-refractivity contribution < 1.29 is 4.74 Å². The maximum atomic E-state index is 5.78. The summed E-state index contributed by atoms with van der Waals surface area (Å²) in [6.45, 7) is 8.65. The maximum Gasteiger partial charge on any atom is 0.136 e. The first kappa shape index (κ1) is 15.2. The van der Waals surface area contributed by atoms with Crippen LogP contribution in [-0.4, -0.2) is 53.8 Å². The van der Waals surface area contributed by atoms with Crippen molar-refractivity contribution in [2.24, 2.45) is 5.73 Å². The van der Waals surface area contributed by atoms with E-state index in [0.717, 1.165) is 43.2 Å². The number of morpholine rings is 1. The smallest absolute Gasteiger partial charge is 0.136 e. The molecule has 1 aromatic rings. The second kappa shape index (κ2) is 6.97. The summed E-state index contributed by atoms with van der Waals surface area (Å²) in [6, 6.07) is 1.91. The number of likely N-dealkylation sites (N-methyl/N-ethyl adjacent to an activating group) is 1. The van der Waals surface area contributed by atoms with Crippen LogP contribution in [0.15, 0.2) is 12.3 Å². The Balaban J connectivity index is 2.00. The summed E-state index contributed by atoms with van der Waals surface area (Å²) in [5.74, 6) is 0.745. The molecule has 1 fully saturated rings. The SMILES string of the molecule is CCN1CCOC(CNc2nccc(C)c2C(N)=S)C1. The number of nitrogens with one attached hydrogen (secondary N) is 1. The van der Waals surface area contributed by atoms with Crippen molar-refractivity contribution in [3.63, 3.8) is 0 Å². The van der Waals surface area contributed by atoms with E-state index in [0.29, 0.717) is 11.5 Å². The van der Waals surface area contributed by atoms with Gasteiger partial charge < -0.3 is 15.8 Å². The highest BCUT2D eigenvalue weighted by molar-refractivity contribution is 7.80. The van der Waals surface area contributed by atoms with Gasteiger partial charge in [0.2, 0.25) is 0 Å². The topological polar surface area (TPSA) is 63.4 Å². The molecule has 0 aromatic carbocycles. The van der Waals surface area contributed by atoms with Crippen molar-refractivity contribution in [2.75, 3.05) is 38.1 Å². The van der Waals surface area contributed by atoms with Gasteiger partial charge in [-0.05, 0) is 25.1 Å². The molecule has 2 heterocycles. The van der Waals surface area contributed by atoms with Crippen LogP contribution in [0.25, 0.3) is 0 Å². The zero-order valence-electron chi connectivity index (χ0n) is 12.1. The van der Waals surface area contributed by atoms with Crippen LogP contribution in [0.4, 0.5) is 5.82 Å². The van der Waals surface area contributed by atoms with E-state index in [2.05, 4.69) is 22.1 Å². The third-order valence-electron chi connectivity index (χ3n) is 3.57. The molecule has 110 valence electrons. The van der Waals surface area contributed by atoms with Crippen LogP contribution in [0.5, 0.6) is 0 Å². The molecule has 1 aliphatic rings. The van der Waals surface area contributed by atoms with Gasteiger partial charge in [0.25, 0.3) is 0 Å². The number of hydrogen-bond acceptors (Lipinski definition) is 5. The molecule has 3 N–H and O–H groups in total. The van der Waals surface area contributed by atoms with Gasteiger partial charge in [0.05, 0.1) is 18.3 Å². The van der Waals surface area contributed by atoms with Gasteiger partial charge in [0, 0.05) is 25.8 Å². The lowest BCUT2D eigenvalue weighted by atomic mass is 10.1. The Morgan fingerprint density at radius 3 is 3.15 bits per heavy atom. The van der Waals surface area contributed by atoms with Gasteiger partial charge in [-0.3, -0.25) is 4.90 Å². The average Bonchev–Trinajstić information content (AvgIpc) is 2.45. The Morgan fingerprint density at radius 2 is 2.45 bits per heavy atom. The number of nitrogens with two attached hydrogens (primary N) is 1. The van der Waals surface area contributed by atoms with Crippen LogP contribution in [0, 0.1) is 6.92 Å². The highest BCUT2D eigenvalue weighted by atomic mass is 32.1. The largest absolute Gasteiger partial charge is 0.389 e. The fourth-order valence-corrected chi connectivity index (χ4v) is 2.66. The van der Waals surface area contributed by atoms with Crippen molar-refractivity contribution in [1.82, 2.24) is 9.88 Å². The second-order valence-corrected chi connectivity index (χ2v) is 5.42. The van der Waals surface area contributed by atoms with Crippen LogP contribution in [0.2, 0.25) is 0 Å². The zero-order valence-corrected chi connectivity index (χ0v) is 12.9. The normalized spacial score (nSPS) is 19.8. The van der Waals surface area contributed by atoms with E-state index in [4.69, 9.17) is 22.7 Å². The summed E-state index contributed by atoms with van der Waals surface area (Å²) < 4.78 is 5.77. The molecule has 0 spiro atoms. The van der Waals surface area contributed by atoms with Crippen LogP contribution in [0.3, 0.4) is 0 Å². The fraction of sp³-hybridized carbons (Fsp3) is 0.571. The van der Waals surface area contributed by atoms with Crippen LogP contribution in [0.1, 0.15) is 18.1 Å². The summed E-state index contributed by atoms with van der Waals surface area (Å²) in [5.41, 5.74) is 7.64. The van der Waals surface area contributed by atoms with Gasteiger partial charge in [-0.2, -0.15) is 0 Å². The van der Waals surface area contributed by atoms with E-state index in [1.54, 1.807) is 6.20 Å². The number of aromatic nitrogens is 1. The van der Waals surface area contributed by atoms with E-state index in [9.17, 15) is 0 Å². The third-order valence-corrected chi connectivity index (χ3v) is 3.78. The van der Waals surface area contributed by atoms with Crippen LogP contribution >= 0.6 is 12.2 Å². The molecule has 6 heteroatoms. The van der Waals surface area contributed by atoms with Crippen molar-refractivity contribution in [1.29, 1.82) is 0 Å². The van der Waals surface area contributed by atoms with E-state index >= 15 is 0 Å². The number of rotatable bonds is 5. The van der Waals surface area contributed by atoms with Gasteiger partial charge >= 0.3 is 0 Å². The molecule has 2 rings (SSSR count). The van der Waals surface area contributed by atoms with Crippen molar-refractivity contribution in [3.8, 4) is 0 Å². The molecule has 0 amide bonds. The minimum Gasteiger partial charge on any atom is -0.389 e. The molecular formula is C14H22N4OS. The van der Waals surface area contributed by atoms with E-state index < -0.39 is 0 Å². The first-order valence-electron chi connectivity index (χ1n) is 6.95. The lowest BCUT2D eigenvalue weighted by Crippen LogP contribution is -2.45. The lowest BCUT2D eigenvalue weighted by Gasteiger charge is -2.32. The molecule has 20 heavy (non-hydrogen) atoms. The number of nitrogens with zero attached hydrogens (tertiary/aromatic N) is 2. The number of anilines is 1. The number of ether oxygens (including phenoxy) is 1. The Morgan fingerprint density at radius 1 is 1.65 bits per heavy atom. The summed E-state index contributed by atoms with van der Waals surface area (Å²) in [6.07, 6.45) is 1.93. The molecule has 1 aromatic heterocycles. The molecule has 1 saturated heterocycles. The van der Waals surface area contributed by atoms with Gasteiger partial charge in [-0.25, -0.2) is 4.98 Å². The first-order chi connectivity index (χ1) is 9.61. The molecule has 0 aliphatic carbocycles. The molecule has 0 radical (unpaired) electrons. The van der Waals surface area contributed by atoms with E-state index in [1.807, 2.05) is 13.0 Å². The quantitative estimate of drug-likeness (QED) is 0.795. The number of aryl methyl sites for hydroxylation is 1. The van der Waals surface area contributed by atoms with Crippen LogP contribution in [-0.2, 0) is 4.74 Å². The second-order valence-electron chi connectivity index (χ2n) is 4.98. The first-order valence-corrected chi connectivity index (χ1v) is 7.36. The molecule has 0 saturated carbocycles. The lowest BCUT2D eigenvalue weighted by molar-refractivity contribution is -0.0192. The predicted molar refractivity (Wildman–Crippen MR) is 85.2 cm³/mol. The number of pyridine rings is 1. The van der Waals surface area contributed by atoms with Crippen LogP contribution < -0.4 is 11.1 Å². The Bertz CT molecular complexity index is 480. The highest BCUT2D eigenvalue weighted by Crippen LogP contribution is 2.17. The fourth-order valence-electron chi connectivity index (χ4n) is 2.40. The van der Waals surface area contributed by atoms with Crippen molar-refractivity contribution >= 4 is 23.0 Å². The van der Waals surface area contributed by atoms with Crippen molar-refractivity contribution in [3.05, 3.63) is 23.4 Å². The highest BCUT2D eigenvalue weighted by Gasteiger charge is 2.20. The Kier molecular flexibility index (Phi) is 5.28.